The summed E-state index contributed by atoms with van der Waals surface area (Å²) in [6, 6.07) is 0. The molecule has 0 fully saturated rings. The molecule has 0 amide bonds. The Balaban J connectivity index is -0.00000000720. The predicted octanol–water partition coefficient (Wildman–Crippen LogP) is -33.3. The first-order chi connectivity index (χ1) is 6.93. The number of hydrogen-bond acceptors (Lipinski definition) is 8. The second kappa shape index (κ2) is 70.5. The van der Waals surface area contributed by atoms with Crippen molar-refractivity contribution in [3.05, 3.63) is 0 Å². The third-order valence-corrected chi connectivity index (χ3v) is 0. The smallest absolute Gasteiger partial charge is 0.867 e. The van der Waals surface area contributed by atoms with Crippen LogP contribution >= 0.6 is 0 Å². The van der Waals surface area contributed by atoms with E-state index in [0.29, 0.717) is 0 Å². The van der Waals surface area contributed by atoms with Crippen LogP contribution in [0.2, 0.25) is 0 Å². The van der Waals surface area contributed by atoms with Gasteiger partial charge in [0.15, 0.2) is 0 Å². The van der Waals surface area contributed by atoms with Gasteiger partial charge in [-0.05, 0) is 0 Å². The maximum absolute atomic E-state index is 9.89. The summed E-state index contributed by atoms with van der Waals surface area (Å²) in [4.78, 5) is 0. The molecule has 0 unspecified atom stereocenters. The summed E-state index contributed by atoms with van der Waals surface area (Å²) in [6.07, 6.45) is 0. The maximum atomic E-state index is 9.89. The van der Waals surface area contributed by atoms with Crippen LogP contribution in [0.1, 0.15) is 0 Å². The summed E-state index contributed by atoms with van der Waals surface area (Å²) >= 11 is 0. The molecule has 24 heteroatoms. The van der Waals surface area contributed by atoms with Crippen LogP contribution in [-0.4, -0.2) is 29.6 Å². The van der Waals surface area contributed by atoms with Crippen molar-refractivity contribution in [3.8, 4) is 0 Å². The summed E-state index contributed by atoms with van der Waals surface area (Å²) in [5.74, 6) is 0. The van der Waals surface area contributed by atoms with Crippen LogP contribution < -0.4 is 451 Å². The van der Waals surface area contributed by atoms with Crippen molar-refractivity contribution in [1.29, 1.82) is 0 Å². The van der Waals surface area contributed by atoms with Crippen molar-refractivity contribution < 1.29 is 469 Å². The fraction of sp³-hybridized carbons (Fsp3) is 0. The number of hydrogen-bond donors (Lipinski definition) is 0. The van der Waals surface area contributed by atoms with Crippen molar-refractivity contribution in [2.45, 2.75) is 0 Å². The molecule has 0 rings (SSSR count). The largest absolute Gasteiger partial charge is 1.00 e. The first-order valence-corrected chi connectivity index (χ1v) is 2.76. The van der Waals surface area contributed by atoms with E-state index in [-0.39, 0.29) is 411 Å². The molecule has 24 heavy (non-hydrogen) atoms. The van der Waals surface area contributed by atoms with Gasteiger partial charge in [0, 0.05) is 0 Å². The van der Waals surface area contributed by atoms with Crippen LogP contribution in [0.5, 0.6) is 0 Å². The monoisotopic (exact) mass is 560 g/mol. The summed E-state index contributed by atoms with van der Waals surface area (Å²) in [6.45, 7) is 0. The second-order valence-electron chi connectivity index (χ2n) is 1.10. The van der Waals surface area contributed by atoms with Gasteiger partial charge in [-0.1, -0.05) is 0 Å². The Hall–Kier alpha value is 12.8. The van der Waals surface area contributed by atoms with E-state index in [1.807, 2.05) is 0 Å². The molecule has 0 aromatic rings. The van der Waals surface area contributed by atoms with Gasteiger partial charge < -0.3 is 57.5 Å². The Labute approximate surface area is 480 Å². The van der Waals surface area contributed by atoms with E-state index in [1.165, 1.54) is 0 Å². The molecule has 0 aliphatic carbocycles. The standard InChI is InChI=1S/4BFO2.8K/c4*2-1(3)4;;;;;;;;/q4*-2;8*+1. The minimum Gasteiger partial charge on any atom is -0.867 e. The van der Waals surface area contributed by atoms with Gasteiger partial charge >= 0.3 is 411 Å². The Kier molecular flexibility index (Phi) is 225. The zero-order valence-corrected chi connectivity index (χ0v) is 40.1. The third kappa shape index (κ3) is 243. The molecule has 0 aliphatic rings. The van der Waals surface area contributed by atoms with Gasteiger partial charge in [0.1, 0.15) is 29.6 Å². The second-order valence-corrected chi connectivity index (χ2v) is 1.10. The van der Waals surface area contributed by atoms with Crippen LogP contribution in [0.3, 0.4) is 0 Å². The van der Waals surface area contributed by atoms with Crippen LogP contribution in [0, 0.1) is 0 Å². The van der Waals surface area contributed by atoms with Gasteiger partial charge in [-0.15, -0.1) is 0 Å². The molecule has 0 saturated heterocycles. The zero-order chi connectivity index (χ0) is 14.3. The molecule has 0 heterocycles. The minimum absolute atomic E-state index is 0. The average Bonchev–Trinajstić information content (AvgIpc) is 1.76. The van der Waals surface area contributed by atoms with Crippen molar-refractivity contribution in [2.75, 3.05) is 0 Å². The quantitative estimate of drug-likeness (QED) is 0.207. The molecule has 0 aliphatic heterocycles. The first kappa shape index (κ1) is 76.7. The molecule has 0 bridgehead atoms. The Morgan fingerprint density at radius 3 is 0.292 bits per heavy atom. The normalized spacial score (nSPS) is 4.50. The Bertz CT molecular complexity index is 89.1. The van der Waals surface area contributed by atoms with Gasteiger partial charge in [-0.2, -0.15) is 0 Å². The fourth-order valence-corrected chi connectivity index (χ4v) is 0. The molecule has 0 radical (unpaired) electrons. The molecule has 0 aromatic carbocycles. The Morgan fingerprint density at radius 2 is 0.292 bits per heavy atom. The molecule has 0 saturated carbocycles. The van der Waals surface area contributed by atoms with E-state index in [9.17, 15) is 17.3 Å². The van der Waals surface area contributed by atoms with Gasteiger partial charge in [-0.25, -0.2) is 0 Å². The topological polar surface area (TPSA) is 184 Å². The zero-order valence-electron chi connectivity index (χ0n) is 15.1. The van der Waals surface area contributed by atoms with Crippen LogP contribution in [0.25, 0.3) is 0 Å². The van der Waals surface area contributed by atoms with E-state index in [0.717, 1.165) is 0 Å². The molecule has 0 spiro atoms. The molecular formula is B4F4K8O8. The van der Waals surface area contributed by atoms with Crippen LogP contribution in [0.15, 0.2) is 0 Å². The first-order valence-electron chi connectivity index (χ1n) is 2.76. The van der Waals surface area contributed by atoms with Gasteiger partial charge in [0.25, 0.3) is 0 Å². The van der Waals surface area contributed by atoms with E-state index in [1.54, 1.807) is 0 Å². The van der Waals surface area contributed by atoms with Gasteiger partial charge in [0.05, 0.1) is 0 Å². The number of rotatable bonds is 0. The van der Waals surface area contributed by atoms with E-state index < -0.39 is 29.6 Å². The average molecular weight is 560 g/mol. The third-order valence-electron chi connectivity index (χ3n) is 0. The Morgan fingerprint density at radius 1 is 0.292 bits per heavy atom. The molecule has 0 aromatic heterocycles. The van der Waals surface area contributed by atoms with Crippen molar-refractivity contribution in [2.24, 2.45) is 0 Å². The van der Waals surface area contributed by atoms with Crippen LogP contribution in [-0.2, 0) is 0 Å². The summed E-state index contributed by atoms with van der Waals surface area (Å²) < 4.78 is 39.6. The van der Waals surface area contributed by atoms with Crippen molar-refractivity contribution >= 4 is 29.6 Å². The van der Waals surface area contributed by atoms with E-state index in [2.05, 4.69) is 0 Å². The van der Waals surface area contributed by atoms with Crippen molar-refractivity contribution in [3.63, 3.8) is 0 Å². The van der Waals surface area contributed by atoms with Gasteiger partial charge in [-0.3, -0.25) is 0 Å². The summed E-state index contributed by atoms with van der Waals surface area (Å²) in [7, 11) is -12.7. The number of halogens is 4. The van der Waals surface area contributed by atoms with E-state index in [4.69, 9.17) is 40.2 Å². The van der Waals surface area contributed by atoms with Crippen LogP contribution in [0.4, 0.5) is 17.3 Å². The molecule has 96 valence electrons. The molecule has 0 atom stereocenters. The summed E-state index contributed by atoms with van der Waals surface area (Å²) in [5, 5.41) is 66.4. The van der Waals surface area contributed by atoms with E-state index >= 15 is 0 Å². The molecule has 0 N–H and O–H groups in total. The molecular weight excluding hydrogens is 560 g/mol. The summed E-state index contributed by atoms with van der Waals surface area (Å²) in [5.41, 5.74) is 0. The van der Waals surface area contributed by atoms with Gasteiger partial charge in [0.2, 0.25) is 0 Å². The SMILES string of the molecule is [K+].[K+].[K+].[K+].[K+].[K+].[K+].[K+].[O-]B([O-])F.[O-]B([O-])F.[O-]B([O-])F.[O-]B([O-])F. The molecule has 8 nitrogen and oxygen atoms in total. The minimum atomic E-state index is -3.17. The fourth-order valence-electron chi connectivity index (χ4n) is 0. The van der Waals surface area contributed by atoms with Crippen molar-refractivity contribution in [1.82, 2.24) is 0 Å². The maximum Gasteiger partial charge on any atom is 1.00 e. The predicted molar refractivity (Wildman–Crippen MR) is 27.4 cm³/mol.